The molecule has 1 aliphatic rings. The Morgan fingerprint density at radius 2 is 1.81 bits per heavy atom. The van der Waals surface area contributed by atoms with E-state index in [-0.39, 0.29) is 11.4 Å². The van der Waals surface area contributed by atoms with Crippen LogP contribution in [0.25, 0.3) is 33.4 Å². The molecule has 2 aromatic carbocycles. The standard InChI is InChI=1S/C23H16F4N4O/c1-32-19-8-14(16-5-4-15(24)9-18(16)25)7-17-20(19)29-21(13-3-2-6-28-10-13)30-22(17)31-11-23(26,27)12-31/h2-10H,11-12H2,1H3. The maximum atomic E-state index is 14.5. The number of benzene rings is 2. The van der Waals surface area contributed by atoms with Gasteiger partial charge in [0.05, 0.1) is 20.2 Å². The summed E-state index contributed by atoms with van der Waals surface area (Å²) in [6, 6.07) is 9.90. The van der Waals surface area contributed by atoms with Gasteiger partial charge >= 0.3 is 0 Å². The molecule has 1 aliphatic heterocycles. The monoisotopic (exact) mass is 440 g/mol. The Labute approximate surface area is 180 Å². The summed E-state index contributed by atoms with van der Waals surface area (Å²) in [7, 11) is 1.43. The molecule has 4 aromatic rings. The lowest BCUT2D eigenvalue weighted by molar-refractivity contribution is -0.0265. The molecule has 5 rings (SSSR count). The van der Waals surface area contributed by atoms with Crippen molar-refractivity contribution in [3.63, 3.8) is 0 Å². The number of pyridine rings is 1. The van der Waals surface area contributed by atoms with Crippen LogP contribution in [0.3, 0.4) is 0 Å². The molecule has 1 fully saturated rings. The lowest BCUT2D eigenvalue weighted by atomic mass is 10.0. The molecule has 0 aliphatic carbocycles. The molecular formula is C23H16F4N4O. The average Bonchev–Trinajstić information content (AvgIpc) is 2.76. The molecule has 3 heterocycles. The van der Waals surface area contributed by atoms with Crippen LogP contribution in [-0.4, -0.2) is 41.1 Å². The summed E-state index contributed by atoms with van der Waals surface area (Å²) in [5.74, 6) is -3.39. The van der Waals surface area contributed by atoms with Gasteiger partial charge in [-0.15, -0.1) is 0 Å². The first kappa shape index (κ1) is 20.2. The highest BCUT2D eigenvalue weighted by atomic mass is 19.3. The van der Waals surface area contributed by atoms with E-state index in [1.54, 1.807) is 36.7 Å². The molecule has 0 spiro atoms. The molecular weight excluding hydrogens is 424 g/mol. The van der Waals surface area contributed by atoms with Gasteiger partial charge in [-0.05, 0) is 42.0 Å². The first-order chi connectivity index (χ1) is 15.3. The second-order valence-corrected chi connectivity index (χ2v) is 7.52. The van der Waals surface area contributed by atoms with Gasteiger partial charge in [0, 0.05) is 35.0 Å². The zero-order valence-electron chi connectivity index (χ0n) is 16.8. The number of anilines is 1. The summed E-state index contributed by atoms with van der Waals surface area (Å²) >= 11 is 0. The zero-order valence-corrected chi connectivity index (χ0v) is 16.8. The fourth-order valence-corrected chi connectivity index (χ4v) is 3.75. The van der Waals surface area contributed by atoms with Crippen molar-refractivity contribution >= 4 is 16.7 Å². The number of hydrogen-bond acceptors (Lipinski definition) is 5. The van der Waals surface area contributed by atoms with Crippen molar-refractivity contribution in [2.24, 2.45) is 0 Å². The van der Waals surface area contributed by atoms with E-state index < -0.39 is 30.6 Å². The fourth-order valence-electron chi connectivity index (χ4n) is 3.75. The SMILES string of the molecule is COc1cc(-c2ccc(F)cc2F)cc2c(N3CC(F)(F)C3)nc(-c3cccnc3)nc12. The van der Waals surface area contributed by atoms with Crippen molar-refractivity contribution < 1.29 is 22.3 Å². The Balaban J connectivity index is 1.76. The molecule has 0 saturated carbocycles. The van der Waals surface area contributed by atoms with Crippen molar-refractivity contribution in [1.29, 1.82) is 0 Å². The number of ether oxygens (including phenoxy) is 1. The minimum Gasteiger partial charge on any atom is -0.494 e. The summed E-state index contributed by atoms with van der Waals surface area (Å²) in [6.45, 7) is -0.994. The number of methoxy groups -OCH3 is 1. The van der Waals surface area contributed by atoms with Crippen LogP contribution >= 0.6 is 0 Å². The van der Waals surface area contributed by atoms with Crippen molar-refractivity contribution in [3.05, 3.63) is 66.5 Å². The highest BCUT2D eigenvalue weighted by Gasteiger charge is 2.45. The molecule has 162 valence electrons. The predicted molar refractivity (Wildman–Crippen MR) is 112 cm³/mol. The van der Waals surface area contributed by atoms with E-state index >= 15 is 0 Å². The number of rotatable bonds is 4. The molecule has 1 saturated heterocycles. The number of fused-ring (bicyclic) bond motifs is 1. The van der Waals surface area contributed by atoms with Gasteiger partial charge in [-0.25, -0.2) is 27.5 Å². The number of alkyl halides is 2. The molecule has 0 N–H and O–H groups in total. The van der Waals surface area contributed by atoms with E-state index in [0.29, 0.717) is 33.6 Å². The van der Waals surface area contributed by atoms with Crippen molar-refractivity contribution in [2.45, 2.75) is 5.92 Å². The van der Waals surface area contributed by atoms with Gasteiger partial charge < -0.3 is 9.64 Å². The normalized spacial score (nSPS) is 15.0. The van der Waals surface area contributed by atoms with Crippen molar-refractivity contribution in [2.75, 3.05) is 25.1 Å². The Morgan fingerprint density at radius 1 is 1.00 bits per heavy atom. The Bertz CT molecular complexity index is 1320. The third-order valence-electron chi connectivity index (χ3n) is 5.27. The first-order valence-corrected chi connectivity index (χ1v) is 9.73. The van der Waals surface area contributed by atoms with Gasteiger partial charge in [0.1, 0.15) is 28.7 Å². The van der Waals surface area contributed by atoms with Crippen LogP contribution in [-0.2, 0) is 0 Å². The van der Waals surface area contributed by atoms with Gasteiger partial charge in [-0.1, -0.05) is 0 Å². The maximum absolute atomic E-state index is 14.5. The Kier molecular flexibility index (Phi) is 4.69. The van der Waals surface area contributed by atoms with Crippen LogP contribution in [0, 0.1) is 11.6 Å². The minimum atomic E-state index is -2.82. The molecule has 32 heavy (non-hydrogen) atoms. The smallest absolute Gasteiger partial charge is 0.282 e. The Hall–Kier alpha value is -3.75. The van der Waals surface area contributed by atoms with Crippen molar-refractivity contribution in [1.82, 2.24) is 15.0 Å². The van der Waals surface area contributed by atoms with E-state index in [0.717, 1.165) is 12.1 Å². The van der Waals surface area contributed by atoms with Crippen LogP contribution in [0.5, 0.6) is 5.75 Å². The number of nitrogens with zero attached hydrogens (tertiary/aromatic N) is 4. The molecule has 2 aromatic heterocycles. The van der Waals surface area contributed by atoms with Crippen LogP contribution < -0.4 is 9.64 Å². The molecule has 0 atom stereocenters. The Morgan fingerprint density at radius 3 is 2.47 bits per heavy atom. The van der Waals surface area contributed by atoms with Gasteiger partial charge in [0.2, 0.25) is 0 Å². The number of hydrogen-bond donors (Lipinski definition) is 0. The average molecular weight is 440 g/mol. The quantitative estimate of drug-likeness (QED) is 0.413. The number of aromatic nitrogens is 3. The molecule has 9 heteroatoms. The van der Waals surface area contributed by atoms with Gasteiger partial charge in [-0.3, -0.25) is 4.98 Å². The van der Waals surface area contributed by atoms with E-state index in [4.69, 9.17) is 4.74 Å². The fraction of sp³-hybridized carbons (Fsp3) is 0.174. The third kappa shape index (κ3) is 3.49. The van der Waals surface area contributed by atoms with E-state index in [9.17, 15) is 17.6 Å². The van der Waals surface area contributed by atoms with Crippen LogP contribution in [0.2, 0.25) is 0 Å². The summed E-state index contributed by atoms with van der Waals surface area (Å²) in [6.07, 6.45) is 3.18. The first-order valence-electron chi connectivity index (χ1n) is 9.73. The van der Waals surface area contributed by atoms with E-state index in [1.807, 2.05) is 0 Å². The summed E-state index contributed by atoms with van der Waals surface area (Å²) in [5, 5.41) is 0.422. The third-order valence-corrected chi connectivity index (χ3v) is 5.27. The second-order valence-electron chi connectivity index (χ2n) is 7.52. The number of halogens is 4. The maximum Gasteiger partial charge on any atom is 0.282 e. The summed E-state index contributed by atoms with van der Waals surface area (Å²) in [4.78, 5) is 14.6. The van der Waals surface area contributed by atoms with Gasteiger partial charge in [0.25, 0.3) is 5.92 Å². The lowest BCUT2D eigenvalue weighted by Gasteiger charge is -2.40. The predicted octanol–water partition coefficient (Wildman–Crippen LogP) is 5.10. The second kappa shape index (κ2) is 7.44. The van der Waals surface area contributed by atoms with Gasteiger partial charge in [0.15, 0.2) is 5.82 Å². The molecule has 0 unspecified atom stereocenters. The molecule has 0 amide bonds. The highest BCUT2D eigenvalue weighted by Crippen LogP contribution is 2.40. The van der Waals surface area contributed by atoms with E-state index in [1.165, 1.54) is 18.1 Å². The van der Waals surface area contributed by atoms with E-state index in [2.05, 4.69) is 15.0 Å². The van der Waals surface area contributed by atoms with Crippen LogP contribution in [0.4, 0.5) is 23.4 Å². The zero-order chi connectivity index (χ0) is 22.5. The summed E-state index contributed by atoms with van der Waals surface area (Å²) in [5.41, 5.74) is 1.53. The molecule has 0 radical (unpaired) electrons. The minimum absolute atomic E-state index is 0.142. The topological polar surface area (TPSA) is 51.1 Å². The van der Waals surface area contributed by atoms with Crippen molar-refractivity contribution in [3.8, 4) is 28.3 Å². The highest BCUT2D eigenvalue weighted by molar-refractivity contribution is 5.98. The molecule has 5 nitrogen and oxygen atoms in total. The van der Waals surface area contributed by atoms with Crippen LogP contribution in [0.1, 0.15) is 0 Å². The van der Waals surface area contributed by atoms with Crippen LogP contribution in [0.15, 0.2) is 54.9 Å². The van der Waals surface area contributed by atoms with Gasteiger partial charge in [-0.2, -0.15) is 0 Å². The largest absolute Gasteiger partial charge is 0.494 e. The summed E-state index contributed by atoms with van der Waals surface area (Å²) < 4.78 is 60.7. The molecule has 0 bridgehead atoms. The lowest BCUT2D eigenvalue weighted by Crippen LogP contribution is -2.56.